The summed E-state index contributed by atoms with van der Waals surface area (Å²) in [4.78, 5) is 17.8. The number of methoxy groups -OCH3 is 1. The van der Waals surface area contributed by atoms with Crippen LogP contribution >= 0.6 is 0 Å². The Hall–Kier alpha value is -2.74. The number of aromatic amines is 2. The summed E-state index contributed by atoms with van der Waals surface area (Å²) in [5, 5.41) is 10.1. The van der Waals surface area contributed by atoms with Crippen molar-refractivity contribution < 1.29 is 23.1 Å². The van der Waals surface area contributed by atoms with Crippen molar-refractivity contribution in [3.63, 3.8) is 0 Å². The fraction of sp³-hybridized carbons (Fsp3) is 0.350. The second kappa shape index (κ2) is 7.35. The quantitative estimate of drug-likeness (QED) is 0.560. The van der Waals surface area contributed by atoms with Crippen LogP contribution in [0, 0.1) is 13.8 Å². The molecule has 0 aliphatic rings. The molecule has 28 heavy (non-hydrogen) atoms. The molecule has 8 heteroatoms. The van der Waals surface area contributed by atoms with Crippen LogP contribution in [-0.2, 0) is 27.5 Å². The van der Waals surface area contributed by atoms with E-state index in [1.54, 1.807) is 14.0 Å². The molecular weight excluding hydrogens is 380 g/mol. The molecule has 0 spiro atoms. The molecule has 0 radical (unpaired) electrons. The van der Waals surface area contributed by atoms with Crippen LogP contribution in [0.1, 0.15) is 34.6 Å². The number of benzene rings is 1. The number of hydrogen-bond acceptors (Lipinski definition) is 4. The van der Waals surface area contributed by atoms with Crippen LogP contribution < -0.4 is 4.74 Å². The highest BCUT2D eigenvalue weighted by Gasteiger charge is 2.24. The molecule has 7 nitrogen and oxygen atoms in total. The van der Waals surface area contributed by atoms with Crippen molar-refractivity contribution >= 4 is 26.7 Å². The minimum absolute atomic E-state index is 0.128. The van der Waals surface area contributed by atoms with E-state index in [-0.39, 0.29) is 17.7 Å². The monoisotopic (exact) mass is 404 g/mol. The lowest BCUT2D eigenvalue weighted by molar-refractivity contribution is -0.136. The van der Waals surface area contributed by atoms with E-state index in [1.165, 1.54) is 0 Å². The van der Waals surface area contributed by atoms with Crippen molar-refractivity contribution in [2.75, 3.05) is 13.4 Å². The molecule has 0 aliphatic carbocycles. The molecule has 1 aromatic carbocycles. The predicted octanol–water partition coefficient (Wildman–Crippen LogP) is 3.13. The molecule has 0 unspecified atom stereocenters. The van der Waals surface area contributed by atoms with Crippen LogP contribution in [-0.4, -0.2) is 42.8 Å². The van der Waals surface area contributed by atoms with Crippen molar-refractivity contribution in [1.82, 2.24) is 9.97 Å². The van der Waals surface area contributed by atoms with Crippen molar-refractivity contribution in [2.45, 2.75) is 38.0 Å². The third-order valence-corrected chi connectivity index (χ3v) is 6.25. The molecule has 0 saturated heterocycles. The summed E-state index contributed by atoms with van der Waals surface area (Å²) in [5.41, 5.74) is 4.78. The number of nitrogens with one attached hydrogen (secondary N) is 2. The Morgan fingerprint density at radius 2 is 1.86 bits per heavy atom. The maximum absolute atomic E-state index is 12.3. The van der Waals surface area contributed by atoms with Crippen molar-refractivity contribution in [2.24, 2.45) is 0 Å². The van der Waals surface area contributed by atoms with E-state index in [1.807, 2.05) is 25.1 Å². The van der Waals surface area contributed by atoms with Gasteiger partial charge in [0.05, 0.1) is 12.0 Å². The van der Waals surface area contributed by atoms with Crippen molar-refractivity contribution in [1.29, 1.82) is 0 Å². The van der Waals surface area contributed by atoms with Gasteiger partial charge in [-0.3, -0.25) is 4.79 Å². The molecule has 0 bridgehead atoms. The maximum Gasteiger partial charge on any atom is 0.303 e. The van der Waals surface area contributed by atoms with Gasteiger partial charge >= 0.3 is 5.97 Å². The zero-order valence-electron chi connectivity index (χ0n) is 16.3. The SMILES string of the molecule is COc1ccc2c(Cc3[nH]c(C)c(S(C)(=O)=O)c3CCC(=O)O)c(C)[nH]c2c1. The first kappa shape index (κ1) is 20.0. The zero-order valence-corrected chi connectivity index (χ0v) is 17.2. The Morgan fingerprint density at radius 3 is 2.46 bits per heavy atom. The van der Waals surface area contributed by atoms with Gasteiger partial charge in [0.15, 0.2) is 9.84 Å². The Labute approximate surface area is 163 Å². The van der Waals surface area contributed by atoms with E-state index in [9.17, 15) is 13.2 Å². The number of ether oxygens (including phenoxy) is 1. The normalized spacial score (nSPS) is 11.9. The summed E-state index contributed by atoms with van der Waals surface area (Å²) in [7, 11) is -1.87. The number of carboxylic acids is 1. The first-order valence-corrected chi connectivity index (χ1v) is 10.8. The fourth-order valence-electron chi connectivity index (χ4n) is 3.77. The highest BCUT2D eigenvalue weighted by molar-refractivity contribution is 7.90. The average molecular weight is 404 g/mol. The van der Waals surface area contributed by atoms with Gasteiger partial charge in [-0.1, -0.05) is 0 Å². The van der Waals surface area contributed by atoms with Crippen LogP contribution in [0.2, 0.25) is 0 Å². The van der Waals surface area contributed by atoms with Gasteiger partial charge in [0.1, 0.15) is 5.75 Å². The van der Waals surface area contributed by atoms with Crippen LogP contribution in [0.5, 0.6) is 5.75 Å². The van der Waals surface area contributed by atoms with Gasteiger partial charge in [-0.15, -0.1) is 0 Å². The first-order valence-electron chi connectivity index (χ1n) is 8.89. The lowest BCUT2D eigenvalue weighted by Crippen LogP contribution is -2.06. The number of rotatable bonds is 7. The minimum atomic E-state index is -3.48. The van der Waals surface area contributed by atoms with Crippen LogP contribution in [0.15, 0.2) is 23.1 Å². The zero-order chi connectivity index (χ0) is 20.6. The maximum atomic E-state index is 12.3. The summed E-state index contributed by atoms with van der Waals surface area (Å²) in [6.07, 6.45) is 1.66. The van der Waals surface area contributed by atoms with Gasteiger partial charge in [0, 0.05) is 53.1 Å². The summed E-state index contributed by atoms with van der Waals surface area (Å²) < 4.78 is 29.9. The van der Waals surface area contributed by atoms with E-state index in [0.29, 0.717) is 17.7 Å². The number of hydrogen-bond donors (Lipinski definition) is 3. The molecule has 0 aliphatic heterocycles. The molecular formula is C20H24N2O5S. The third kappa shape index (κ3) is 3.77. The topological polar surface area (TPSA) is 112 Å². The van der Waals surface area contributed by atoms with Gasteiger partial charge in [-0.05, 0) is 43.5 Å². The average Bonchev–Trinajstić information content (AvgIpc) is 3.08. The number of aliphatic carboxylic acids is 1. The van der Waals surface area contributed by atoms with Crippen molar-refractivity contribution in [3.8, 4) is 5.75 Å². The highest BCUT2D eigenvalue weighted by atomic mass is 32.2. The Balaban J connectivity index is 2.11. The van der Waals surface area contributed by atoms with E-state index >= 15 is 0 Å². The van der Waals surface area contributed by atoms with Gasteiger partial charge in [0.25, 0.3) is 0 Å². The largest absolute Gasteiger partial charge is 0.497 e. The van der Waals surface area contributed by atoms with Crippen LogP contribution in [0.4, 0.5) is 0 Å². The van der Waals surface area contributed by atoms with Gasteiger partial charge < -0.3 is 19.8 Å². The Kier molecular flexibility index (Phi) is 5.25. The summed E-state index contributed by atoms with van der Waals surface area (Å²) in [6.45, 7) is 3.67. The molecule has 3 N–H and O–H groups in total. The van der Waals surface area contributed by atoms with Crippen LogP contribution in [0.3, 0.4) is 0 Å². The number of H-pyrrole nitrogens is 2. The number of fused-ring (bicyclic) bond motifs is 1. The summed E-state index contributed by atoms with van der Waals surface area (Å²) in [5.74, 6) is -0.211. The van der Waals surface area contributed by atoms with E-state index in [4.69, 9.17) is 9.84 Å². The molecule has 150 valence electrons. The van der Waals surface area contributed by atoms with Crippen LogP contribution in [0.25, 0.3) is 10.9 Å². The van der Waals surface area contributed by atoms with Gasteiger partial charge in [-0.25, -0.2) is 8.42 Å². The van der Waals surface area contributed by atoms with Gasteiger partial charge in [-0.2, -0.15) is 0 Å². The molecule has 0 amide bonds. The smallest absolute Gasteiger partial charge is 0.303 e. The number of carbonyl (C=O) groups is 1. The number of aryl methyl sites for hydroxylation is 2. The second-order valence-electron chi connectivity index (χ2n) is 7.02. The molecule has 0 saturated carbocycles. The number of aromatic nitrogens is 2. The number of sulfone groups is 1. The van der Waals surface area contributed by atoms with Crippen molar-refractivity contribution in [3.05, 3.63) is 46.4 Å². The van der Waals surface area contributed by atoms with E-state index < -0.39 is 15.8 Å². The minimum Gasteiger partial charge on any atom is -0.497 e. The third-order valence-electron chi connectivity index (χ3n) is 4.96. The van der Waals surface area contributed by atoms with Gasteiger partial charge in [0.2, 0.25) is 0 Å². The lowest BCUT2D eigenvalue weighted by atomic mass is 10.0. The Morgan fingerprint density at radius 1 is 1.14 bits per heavy atom. The number of carboxylic acid groups (broad SMARTS) is 1. The van der Waals surface area contributed by atoms with E-state index in [2.05, 4.69) is 9.97 Å². The Bertz CT molecular complexity index is 1160. The lowest BCUT2D eigenvalue weighted by Gasteiger charge is -2.07. The molecule has 3 aromatic rings. The second-order valence-corrected chi connectivity index (χ2v) is 8.97. The molecule has 2 heterocycles. The standard InChI is InChI=1S/C20H24N2O5S/c1-11-16(14-6-5-13(27-3)9-17(14)21-11)10-18-15(7-8-19(23)24)20(12(2)22-18)28(4,25)26/h5-6,9,21-22H,7-8,10H2,1-4H3,(H,23,24). The summed E-state index contributed by atoms with van der Waals surface area (Å²) in [6, 6.07) is 5.77. The summed E-state index contributed by atoms with van der Waals surface area (Å²) >= 11 is 0. The molecule has 0 atom stereocenters. The molecule has 3 rings (SSSR count). The van der Waals surface area contributed by atoms with E-state index in [0.717, 1.165) is 39.9 Å². The molecule has 2 aromatic heterocycles. The highest BCUT2D eigenvalue weighted by Crippen LogP contribution is 2.31. The molecule has 0 fully saturated rings. The first-order chi connectivity index (χ1) is 13.1. The fourth-order valence-corrected chi connectivity index (χ4v) is 5.05. The predicted molar refractivity (Wildman–Crippen MR) is 107 cm³/mol.